The molecule has 0 aromatic heterocycles. The molecule has 0 saturated carbocycles. The molecule has 1 heterocycles. The van der Waals surface area contributed by atoms with Gasteiger partial charge in [0.25, 0.3) is 0 Å². The molecule has 106 valence electrons. The summed E-state index contributed by atoms with van der Waals surface area (Å²) in [4.78, 5) is 0. The van der Waals surface area contributed by atoms with Crippen LogP contribution >= 0.6 is 0 Å². The first-order valence-electron chi connectivity index (χ1n) is 7.05. The third-order valence-corrected chi connectivity index (χ3v) is 3.65. The Kier molecular flexibility index (Phi) is 4.04. The fourth-order valence-electron chi connectivity index (χ4n) is 2.24. The van der Waals surface area contributed by atoms with Crippen molar-refractivity contribution in [1.29, 1.82) is 0 Å². The van der Waals surface area contributed by atoms with Crippen molar-refractivity contribution < 1.29 is 14.6 Å². The zero-order valence-corrected chi connectivity index (χ0v) is 12.3. The average Bonchev–Trinajstić information content (AvgIpc) is 2.33. The fraction of sp³-hybridized carbons (Fsp3) is 0.625. The van der Waals surface area contributed by atoms with Crippen LogP contribution in [0.25, 0.3) is 0 Å². The van der Waals surface area contributed by atoms with Crippen LogP contribution in [-0.4, -0.2) is 17.3 Å². The van der Waals surface area contributed by atoms with Gasteiger partial charge in [-0.25, -0.2) is 0 Å². The first-order chi connectivity index (χ1) is 8.91. The van der Waals surface area contributed by atoms with Gasteiger partial charge in [-0.05, 0) is 31.9 Å². The van der Waals surface area contributed by atoms with E-state index in [-0.39, 0.29) is 5.60 Å². The SMILES string of the molecule is CCC(C)COc1ccc2c(c1)OC(C)(C)CC2O. The monoisotopic (exact) mass is 264 g/mol. The topological polar surface area (TPSA) is 38.7 Å². The summed E-state index contributed by atoms with van der Waals surface area (Å²) in [7, 11) is 0. The predicted octanol–water partition coefficient (Wildman–Crippen LogP) is 3.71. The van der Waals surface area contributed by atoms with E-state index in [2.05, 4.69) is 13.8 Å². The number of rotatable bonds is 4. The van der Waals surface area contributed by atoms with E-state index in [0.29, 0.717) is 18.9 Å². The van der Waals surface area contributed by atoms with Gasteiger partial charge in [-0.2, -0.15) is 0 Å². The van der Waals surface area contributed by atoms with Crippen LogP contribution in [0.4, 0.5) is 0 Å². The molecule has 0 fully saturated rings. The summed E-state index contributed by atoms with van der Waals surface area (Å²) < 4.78 is 11.7. The fourth-order valence-corrected chi connectivity index (χ4v) is 2.24. The number of hydrogen-bond acceptors (Lipinski definition) is 3. The summed E-state index contributed by atoms with van der Waals surface area (Å²) in [6, 6.07) is 5.70. The number of hydrogen-bond donors (Lipinski definition) is 1. The van der Waals surface area contributed by atoms with Crippen LogP contribution in [0.5, 0.6) is 11.5 Å². The molecule has 1 N–H and O–H groups in total. The number of fused-ring (bicyclic) bond motifs is 1. The maximum absolute atomic E-state index is 10.1. The lowest BCUT2D eigenvalue weighted by Gasteiger charge is -2.35. The summed E-state index contributed by atoms with van der Waals surface area (Å²) in [6.45, 7) is 9.02. The standard InChI is InChI=1S/C16H24O3/c1-5-11(2)10-18-12-6-7-13-14(17)9-16(3,4)19-15(13)8-12/h6-8,11,14,17H,5,9-10H2,1-4H3. The van der Waals surface area contributed by atoms with Gasteiger partial charge >= 0.3 is 0 Å². The molecule has 0 spiro atoms. The van der Waals surface area contributed by atoms with Crippen molar-refractivity contribution in [1.82, 2.24) is 0 Å². The number of ether oxygens (including phenoxy) is 2. The Balaban J connectivity index is 2.14. The highest BCUT2D eigenvalue weighted by atomic mass is 16.5. The lowest BCUT2D eigenvalue weighted by Crippen LogP contribution is -2.34. The van der Waals surface area contributed by atoms with Crippen LogP contribution in [-0.2, 0) is 0 Å². The van der Waals surface area contributed by atoms with E-state index >= 15 is 0 Å². The van der Waals surface area contributed by atoms with Gasteiger partial charge in [0, 0.05) is 18.1 Å². The highest BCUT2D eigenvalue weighted by Gasteiger charge is 2.32. The molecule has 0 saturated heterocycles. The second-order valence-corrected chi connectivity index (χ2v) is 6.11. The maximum atomic E-state index is 10.1. The van der Waals surface area contributed by atoms with Crippen LogP contribution in [0.15, 0.2) is 18.2 Å². The molecule has 3 heteroatoms. The quantitative estimate of drug-likeness (QED) is 0.901. The first kappa shape index (κ1) is 14.2. The van der Waals surface area contributed by atoms with E-state index in [0.717, 1.165) is 23.5 Å². The third-order valence-electron chi connectivity index (χ3n) is 3.65. The maximum Gasteiger partial charge on any atom is 0.129 e. The Morgan fingerprint density at radius 2 is 2.21 bits per heavy atom. The van der Waals surface area contributed by atoms with Crippen LogP contribution < -0.4 is 9.47 Å². The van der Waals surface area contributed by atoms with Crippen molar-refractivity contribution in [3.8, 4) is 11.5 Å². The molecular weight excluding hydrogens is 240 g/mol. The average molecular weight is 264 g/mol. The van der Waals surface area contributed by atoms with Crippen LogP contribution in [0.2, 0.25) is 0 Å². The van der Waals surface area contributed by atoms with Gasteiger partial charge in [-0.15, -0.1) is 0 Å². The molecule has 1 aromatic rings. The molecule has 19 heavy (non-hydrogen) atoms. The molecule has 1 aliphatic heterocycles. The van der Waals surface area contributed by atoms with E-state index in [1.54, 1.807) is 0 Å². The van der Waals surface area contributed by atoms with E-state index in [9.17, 15) is 5.11 Å². The van der Waals surface area contributed by atoms with E-state index < -0.39 is 6.10 Å². The summed E-state index contributed by atoms with van der Waals surface area (Å²) in [5.74, 6) is 2.09. The summed E-state index contributed by atoms with van der Waals surface area (Å²) in [5, 5.41) is 10.1. The largest absolute Gasteiger partial charge is 0.493 e. The van der Waals surface area contributed by atoms with Crippen molar-refractivity contribution in [3.63, 3.8) is 0 Å². The van der Waals surface area contributed by atoms with Crippen LogP contribution in [0.3, 0.4) is 0 Å². The molecule has 2 atom stereocenters. The van der Waals surface area contributed by atoms with Gasteiger partial charge in [0.2, 0.25) is 0 Å². The predicted molar refractivity (Wildman–Crippen MR) is 75.7 cm³/mol. The highest BCUT2D eigenvalue weighted by Crippen LogP contribution is 2.41. The Bertz CT molecular complexity index is 440. The smallest absolute Gasteiger partial charge is 0.129 e. The van der Waals surface area contributed by atoms with E-state index in [1.807, 2.05) is 32.0 Å². The second-order valence-electron chi connectivity index (χ2n) is 6.11. The number of aliphatic hydroxyl groups is 1. The van der Waals surface area contributed by atoms with Gasteiger partial charge < -0.3 is 14.6 Å². The highest BCUT2D eigenvalue weighted by molar-refractivity contribution is 5.43. The Labute approximate surface area is 115 Å². The lowest BCUT2D eigenvalue weighted by atomic mass is 9.92. The molecule has 3 nitrogen and oxygen atoms in total. The van der Waals surface area contributed by atoms with Gasteiger partial charge in [-0.3, -0.25) is 0 Å². The zero-order chi connectivity index (χ0) is 14.0. The Hall–Kier alpha value is -1.22. The van der Waals surface area contributed by atoms with E-state index in [4.69, 9.17) is 9.47 Å². The van der Waals surface area contributed by atoms with Gasteiger partial charge in [0.05, 0.1) is 12.7 Å². The van der Waals surface area contributed by atoms with Crippen molar-refractivity contribution in [2.45, 2.75) is 52.2 Å². The third kappa shape index (κ3) is 3.41. The van der Waals surface area contributed by atoms with Crippen LogP contribution in [0, 0.1) is 5.92 Å². The molecule has 1 aromatic carbocycles. The minimum atomic E-state index is -0.456. The second kappa shape index (κ2) is 5.41. The number of benzene rings is 1. The first-order valence-corrected chi connectivity index (χ1v) is 7.05. The molecule has 1 aliphatic rings. The molecule has 2 rings (SSSR count). The van der Waals surface area contributed by atoms with Crippen molar-refractivity contribution >= 4 is 0 Å². The summed E-state index contributed by atoms with van der Waals surface area (Å²) >= 11 is 0. The molecule has 0 bridgehead atoms. The number of aliphatic hydroxyl groups excluding tert-OH is 1. The lowest BCUT2D eigenvalue weighted by molar-refractivity contribution is 0.0113. The molecule has 0 radical (unpaired) electrons. The van der Waals surface area contributed by atoms with Crippen molar-refractivity contribution in [2.75, 3.05) is 6.61 Å². The Morgan fingerprint density at radius 1 is 1.47 bits per heavy atom. The van der Waals surface area contributed by atoms with Gasteiger partial charge in [-0.1, -0.05) is 20.3 Å². The normalized spacial score (nSPS) is 22.3. The van der Waals surface area contributed by atoms with Gasteiger partial charge in [0.1, 0.15) is 17.1 Å². The van der Waals surface area contributed by atoms with Crippen molar-refractivity contribution in [3.05, 3.63) is 23.8 Å². The molecule has 2 unspecified atom stereocenters. The molecular formula is C16H24O3. The zero-order valence-electron chi connectivity index (χ0n) is 12.3. The van der Waals surface area contributed by atoms with Crippen molar-refractivity contribution in [2.24, 2.45) is 5.92 Å². The summed E-state index contributed by atoms with van der Waals surface area (Å²) in [5.41, 5.74) is 0.525. The molecule has 0 amide bonds. The minimum absolute atomic E-state index is 0.332. The minimum Gasteiger partial charge on any atom is -0.493 e. The van der Waals surface area contributed by atoms with E-state index in [1.165, 1.54) is 0 Å². The summed E-state index contributed by atoms with van der Waals surface area (Å²) in [6.07, 6.45) is 1.27. The van der Waals surface area contributed by atoms with Gasteiger partial charge in [0.15, 0.2) is 0 Å². The van der Waals surface area contributed by atoms with Crippen LogP contribution in [0.1, 0.15) is 52.2 Å². The Morgan fingerprint density at radius 3 is 2.89 bits per heavy atom. The molecule has 0 aliphatic carbocycles.